The molecule has 0 aliphatic carbocycles. The summed E-state index contributed by atoms with van der Waals surface area (Å²) >= 11 is 1.18. The summed E-state index contributed by atoms with van der Waals surface area (Å²) in [4.78, 5) is 17.0. The zero-order valence-corrected chi connectivity index (χ0v) is 20.1. The Balaban J connectivity index is 1.72. The highest BCUT2D eigenvalue weighted by atomic mass is 32.2. The van der Waals surface area contributed by atoms with E-state index in [0.717, 1.165) is 12.1 Å². The number of nitrogens with one attached hydrogen (secondary N) is 1. The highest BCUT2D eigenvalue weighted by Crippen LogP contribution is 2.35. The van der Waals surface area contributed by atoms with Crippen LogP contribution < -0.4 is 19.5 Å². The largest absolute Gasteiger partial charge is 0.496 e. The molecule has 3 aromatic rings. The van der Waals surface area contributed by atoms with Crippen LogP contribution >= 0.6 is 11.8 Å². The van der Waals surface area contributed by atoms with E-state index < -0.39 is 11.7 Å². The molecule has 0 aliphatic heterocycles. The first-order valence-corrected chi connectivity index (χ1v) is 11.5. The molecule has 0 unspecified atom stereocenters. The predicted molar refractivity (Wildman–Crippen MR) is 124 cm³/mol. The summed E-state index contributed by atoms with van der Waals surface area (Å²) < 4.78 is 57.1. The van der Waals surface area contributed by atoms with Crippen LogP contribution in [0.5, 0.6) is 17.2 Å². The molecule has 1 heterocycles. The zero-order valence-electron chi connectivity index (χ0n) is 19.3. The number of benzene rings is 2. The van der Waals surface area contributed by atoms with Crippen molar-refractivity contribution < 1.29 is 32.2 Å². The summed E-state index contributed by atoms with van der Waals surface area (Å²) in [6.45, 7) is 2.62. The number of thioether (sulfide) groups is 1. The Morgan fingerprint density at radius 1 is 1.06 bits per heavy atom. The van der Waals surface area contributed by atoms with Crippen molar-refractivity contribution in [1.82, 2.24) is 14.9 Å². The van der Waals surface area contributed by atoms with Crippen LogP contribution in [0.15, 0.2) is 35.5 Å². The van der Waals surface area contributed by atoms with Crippen LogP contribution in [0, 0.1) is 0 Å². The van der Waals surface area contributed by atoms with Gasteiger partial charge in [-0.1, -0.05) is 18.7 Å². The third kappa shape index (κ3) is 5.69. The molecule has 0 spiro atoms. The van der Waals surface area contributed by atoms with Crippen molar-refractivity contribution in [3.63, 3.8) is 0 Å². The second kappa shape index (κ2) is 10.9. The number of amides is 1. The fraction of sp³-hybridized carbons (Fsp3) is 0.391. The minimum atomic E-state index is -4.44. The van der Waals surface area contributed by atoms with Crippen molar-refractivity contribution in [1.29, 1.82) is 0 Å². The zero-order chi connectivity index (χ0) is 24.9. The van der Waals surface area contributed by atoms with E-state index in [4.69, 9.17) is 14.2 Å². The third-order valence-corrected chi connectivity index (χ3v) is 6.06. The van der Waals surface area contributed by atoms with Crippen LogP contribution in [0.3, 0.4) is 0 Å². The van der Waals surface area contributed by atoms with Crippen LogP contribution in [0.2, 0.25) is 0 Å². The number of alkyl halides is 3. The van der Waals surface area contributed by atoms with E-state index in [9.17, 15) is 18.0 Å². The second-order valence-corrected chi connectivity index (χ2v) is 8.27. The fourth-order valence-electron chi connectivity index (χ4n) is 3.43. The van der Waals surface area contributed by atoms with Gasteiger partial charge < -0.3 is 24.1 Å². The van der Waals surface area contributed by atoms with Gasteiger partial charge in [0, 0.05) is 24.7 Å². The first kappa shape index (κ1) is 25.5. The van der Waals surface area contributed by atoms with Crippen molar-refractivity contribution >= 4 is 28.7 Å². The van der Waals surface area contributed by atoms with Gasteiger partial charge in [-0.2, -0.15) is 13.2 Å². The Morgan fingerprint density at radius 3 is 2.35 bits per heavy atom. The van der Waals surface area contributed by atoms with E-state index >= 15 is 0 Å². The Labute approximate surface area is 199 Å². The molecular formula is C23H26F3N3O4S. The van der Waals surface area contributed by atoms with Crippen LogP contribution in [0.1, 0.15) is 24.5 Å². The third-order valence-electron chi connectivity index (χ3n) is 5.08. The Morgan fingerprint density at radius 2 is 1.74 bits per heavy atom. The van der Waals surface area contributed by atoms with Crippen molar-refractivity contribution in [2.24, 2.45) is 0 Å². The smallest absolute Gasteiger partial charge is 0.416 e. The number of hydrogen-bond acceptors (Lipinski definition) is 6. The number of aryl methyl sites for hydroxylation is 1. The number of methoxy groups -OCH3 is 3. The molecule has 184 valence electrons. The Bertz CT molecular complexity index is 1160. The van der Waals surface area contributed by atoms with Crippen LogP contribution in [-0.2, 0) is 24.1 Å². The Hall–Kier alpha value is -3.08. The number of hydrogen-bond donors (Lipinski definition) is 1. The molecule has 0 atom stereocenters. The van der Waals surface area contributed by atoms with Gasteiger partial charge >= 0.3 is 6.18 Å². The lowest BCUT2D eigenvalue weighted by Gasteiger charge is -2.14. The van der Waals surface area contributed by atoms with Gasteiger partial charge in [0.05, 0.1) is 43.7 Å². The normalized spacial score (nSPS) is 11.5. The Kier molecular flexibility index (Phi) is 8.19. The van der Waals surface area contributed by atoms with Gasteiger partial charge in [0.15, 0.2) is 16.7 Å². The van der Waals surface area contributed by atoms with Gasteiger partial charge in [0.1, 0.15) is 5.75 Å². The van der Waals surface area contributed by atoms with Crippen LogP contribution in [-0.4, -0.2) is 42.5 Å². The van der Waals surface area contributed by atoms with Gasteiger partial charge in [-0.15, -0.1) is 0 Å². The lowest BCUT2D eigenvalue weighted by atomic mass is 10.1. The van der Waals surface area contributed by atoms with Crippen molar-refractivity contribution in [2.45, 2.75) is 37.8 Å². The molecule has 1 aromatic heterocycles. The molecule has 0 bridgehead atoms. The molecule has 0 radical (unpaired) electrons. The van der Waals surface area contributed by atoms with Crippen molar-refractivity contribution in [3.8, 4) is 17.2 Å². The maximum Gasteiger partial charge on any atom is 0.416 e. The SMILES string of the molecule is CCCn1c(SCC(=O)NCc2cc(OC)c(OC)cc2OC)nc2ccc(C(F)(F)F)cc21. The van der Waals surface area contributed by atoms with E-state index in [0.29, 0.717) is 52.0 Å². The van der Waals surface area contributed by atoms with E-state index in [1.54, 1.807) is 16.7 Å². The molecule has 0 saturated carbocycles. The number of carbonyl (C=O) groups excluding carboxylic acids is 1. The molecule has 0 aliphatic rings. The topological polar surface area (TPSA) is 74.6 Å². The number of fused-ring (bicyclic) bond motifs is 1. The monoisotopic (exact) mass is 497 g/mol. The summed E-state index contributed by atoms with van der Waals surface area (Å²) in [6, 6.07) is 6.88. The first-order valence-electron chi connectivity index (χ1n) is 10.5. The molecule has 0 fully saturated rings. The number of nitrogens with zero attached hydrogens (tertiary/aromatic N) is 2. The highest BCUT2D eigenvalue weighted by molar-refractivity contribution is 7.99. The lowest BCUT2D eigenvalue weighted by molar-refractivity contribution is -0.137. The van der Waals surface area contributed by atoms with Gasteiger partial charge in [-0.25, -0.2) is 4.98 Å². The average Bonchev–Trinajstić information content (AvgIpc) is 3.17. The number of rotatable bonds is 10. The molecule has 2 aromatic carbocycles. The van der Waals surface area contributed by atoms with Gasteiger partial charge in [-0.05, 0) is 30.7 Å². The molecule has 11 heteroatoms. The average molecular weight is 498 g/mol. The maximum absolute atomic E-state index is 13.2. The number of halogens is 3. The maximum atomic E-state index is 13.2. The van der Waals surface area contributed by atoms with E-state index in [2.05, 4.69) is 10.3 Å². The summed E-state index contributed by atoms with van der Waals surface area (Å²) in [5, 5.41) is 3.32. The van der Waals surface area contributed by atoms with Crippen LogP contribution in [0.25, 0.3) is 11.0 Å². The second-order valence-electron chi connectivity index (χ2n) is 7.33. The molecular weight excluding hydrogens is 471 g/mol. The molecule has 7 nitrogen and oxygen atoms in total. The molecule has 0 saturated heterocycles. The standard InChI is InChI=1S/C23H26F3N3O4S/c1-5-8-29-17-10-15(23(24,25)26)6-7-16(17)28-22(29)34-13-21(30)27-12-14-9-19(32-3)20(33-4)11-18(14)31-2/h6-7,9-11H,5,8,12-13H2,1-4H3,(H,27,30). The summed E-state index contributed by atoms with van der Waals surface area (Å²) in [5.74, 6) is 1.35. The van der Waals surface area contributed by atoms with E-state index in [1.807, 2.05) is 6.92 Å². The lowest BCUT2D eigenvalue weighted by Crippen LogP contribution is -2.25. The summed E-state index contributed by atoms with van der Waals surface area (Å²) in [6.07, 6.45) is -3.73. The van der Waals surface area contributed by atoms with Crippen molar-refractivity contribution in [3.05, 3.63) is 41.5 Å². The summed E-state index contributed by atoms with van der Waals surface area (Å²) in [7, 11) is 4.56. The summed E-state index contributed by atoms with van der Waals surface area (Å²) in [5.41, 5.74) is 0.834. The number of aromatic nitrogens is 2. The molecule has 3 rings (SSSR count). The van der Waals surface area contributed by atoms with Gasteiger partial charge in [0.2, 0.25) is 5.91 Å². The minimum absolute atomic E-state index is 0.0504. The number of imidazole rings is 1. The molecule has 1 N–H and O–H groups in total. The number of carbonyl (C=O) groups is 1. The van der Waals surface area contributed by atoms with Gasteiger partial charge in [0.25, 0.3) is 0 Å². The minimum Gasteiger partial charge on any atom is -0.496 e. The first-order chi connectivity index (χ1) is 16.2. The quantitative estimate of drug-likeness (QED) is 0.402. The molecule has 1 amide bonds. The predicted octanol–water partition coefficient (Wildman–Crippen LogP) is 4.90. The van der Waals surface area contributed by atoms with E-state index in [1.165, 1.54) is 39.2 Å². The van der Waals surface area contributed by atoms with Gasteiger partial charge in [-0.3, -0.25) is 4.79 Å². The van der Waals surface area contributed by atoms with E-state index in [-0.39, 0.29) is 18.2 Å². The van der Waals surface area contributed by atoms with Crippen molar-refractivity contribution in [2.75, 3.05) is 27.1 Å². The number of ether oxygens (including phenoxy) is 3. The fourth-order valence-corrected chi connectivity index (χ4v) is 4.30. The highest BCUT2D eigenvalue weighted by Gasteiger charge is 2.31. The molecule has 34 heavy (non-hydrogen) atoms. The van der Waals surface area contributed by atoms with Crippen LogP contribution in [0.4, 0.5) is 13.2 Å².